The number of rotatable bonds is 7. The summed E-state index contributed by atoms with van der Waals surface area (Å²) in [5.41, 5.74) is 1.28. The molecule has 114 valence electrons. The molecular formula is C16H18N4O2. The molecule has 1 heterocycles. The predicted molar refractivity (Wildman–Crippen MR) is 84.9 cm³/mol. The van der Waals surface area contributed by atoms with E-state index in [9.17, 15) is 4.79 Å². The Bertz CT molecular complexity index is 641. The van der Waals surface area contributed by atoms with Crippen LogP contribution >= 0.6 is 0 Å². The first-order valence-corrected chi connectivity index (χ1v) is 6.86. The summed E-state index contributed by atoms with van der Waals surface area (Å²) in [4.78, 5) is 11.4. The van der Waals surface area contributed by atoms with Gasteiger partial charge in [0.1, 0.15) is 18.2 Å². The summed E-state index contributed by atoms with van der Waals surface area (Å²) in [5.74, 6) is 1.12. The largest absolute Gasteiger partial charge is 0.489 e. The lowest BCUT2D eigenvalue weighted by atomic mass is 10.2. The van der Waals surface area contributed by atoms with Crippen LogP contribution < -0.4 is 15.4 Å². The van der Waals surface area contributed by atoms with Crippen LogP contribution in [0.1, 0.15) is 16.1 Å². The molecule has 1 amide bonds. The summed E-state index contributed by atoms with van der Waals surface area (Å²) in [6.45, 7) is 4.64. The first-order valence-electron chi connectivity index (χ1n) is 6.86. The fraction of sp³-hybridized carbons (Fsp3) is 0.188. The monoisotopic (exact) mass is 298 g/mol. The molecule has 0 spiro atoms. The Labute approximate surface area is 129 Å². The van der Waals surface area contributed by atoms with E-state index in [0.717, 1.165) is 11.3 Å². The van der Waals surface area contributed by atoms with Crippen molar-refractivity contribution in [3.05, 3.63) is 60.3 Å². The predicted octanol–water partition coefficient (Wildman–Crippen LogP) is 2.01. The SMILES string of the molecule is C=CCOc1ccccc1CNc1ccc(C(=O)NC)nn1. The molecule has 0 bridgehead atoms. The Morgan fingerprint density at radius 1 is 1.27 bits per heavy atom. The van der Waals surface area contributed by atoms with Crippen LogP contribution in [-0.4, -0.2) is 29.8 Å². The van der Waals surface area contributed by atoms with Gasteiger partial charge in [-0.15, -0.1) is 10.2 Å². The summed E-state index contributed by atoms with van der Waals surface area (Å²) in [7, 11) is 1.55. The molecule has 0 saturated carbocycles. The maximum Gasteiger partial charge on any atom is 0.271 e. The molecule has 6 nitrogen and oxygen atoms in total. The van der Waals surface area contributed by atoms with Crippen molar-refractivity contribution < 1.29 is 9.53 Å². The Balaban J connectivity index is 2.01. The molecule has 2 N–H and O–H groups in total. The van der Waals surface area contributed by atoms with E-state index < -0.39 is 0 Å². The van der Waals surface area contributed by atoms with E-state index in [0.29, 0.717) is 19.0 Å². The first kappa shape index (κ1) is 15.5. The van der Waals surface area contributed by atoms with Crippen LogP contribution in [0.15, 0.2) is 49.1 Å². The van der Waals surface area contributed by atoms with E-state index in [1.807, 2.05) is 24.3 Å². The first-order chi connectivity index (χ1) is 10.7. The van der Waals surface area contributed by atoms with Crippen LogP contribution in [0.2, 0.25) is 0 Å². The third-order valence-corrected chi connectivity index (χ3v) is 2.91. The number of nitrogens with one attached hydrogen (secondary N) is 2. The molecule has 0 saturated heterocycles. The number of hydrogen-bond acceptors (Lipinski definition) is 5. The van der Waals surface area contributed by atoms with Crippen molar-refractivity contribution in [3.63, 3.8) is 0 Å². The normalized spacial score (nSPS) is 9.86. The smallest absolute Gasteiger partial charge is 0.271 e. The van der Waals surface area contributed by atoms with E-state index in [2.05, 4.69) is 27.4 Å². The molecule has 0 aliphatic rings. The van der Waals surface area contributed by atoms with Gasteiger partial charge in [0.25, 0.3) is 5.91 Å². The molecule has 1 aromatic carbocycles. The number of ether oxygens (including phenoxy) is 1. The fourth-order valence-electron chi connectivity index (χ4n) is 1.80. The van der Waals surface area contributed by atoms with Crippen LogP contribution in [0.25, 0.3) is 0 Å². The highest BCUT2D eigenvalue weighted by molar-refractivity contribution is 5.91. The van der Waals surface area contributed by atoms with Crippen molar-refractivity contribution in [1.82, 2.24) is 15.5 Å². The third-order valence-electron chi connectivity index (χ3n) is 2.91. The van der Waals surface area contributed by atoms with Crippen molar-refractivity contribution >= 4 is 11.7 Å². The second-order valence-electron chi connectivity index (χ2n) is 4.44. The van der Waals surface area contributed by atoms with Gasteiger partial charge in [0.15, 0.2) is 5.69 Å². The van der Waals surface area contributed by atoms with Gasteiger partial charge < -0.3 is 15.4 Å². The minimum absolute atomic E-state index is 0.262. The van der Waals surface area contributed by atoms with Gasteiger partial charge in [-0.25, -0.2) is 0 Å². The van der Waals surface area contributed by atoms with Crippen LogP contribution in [0, 0.1) is 0 Å². The molecule has 0 unspecified atom stereocenters. The zero-order valence-electron chi connectivity index (χ0n) is 12.4. The summed E-state index contributed by atoms with van der Waals surface area (Å²) < 4.78 is 5.59. The summed E-state index contributed by atoms with van der Waals surface area (Å²) in [6, 6.07) is 11.1. The van der Waals surface area contributed by atoms with Gasteiger partial charge in [0.05, 0.1) is 0 Å². The number of carbonyl (C=O) groups excluding carboxylic acids is 1. The number of amides is 1. The molecule has 0 atom stereocenters. The van der Waals surface area contributed by atoms with Gasteiger partial charge in [-0.2, -0.15) is 0 Å². The summed E-state index contributed by atoms with van der Waals surface area (Å²) in [6.07, 6.45) is 1.70. The van der Waals surface area contributed by atoms with Crippen LogP contribution in [-0.2, 0) is 6.54 Å². The van der Waals surface area contributed by atoms with Crippen molar-refractivity contribution in [1.29, 1.82) is 0 Å². The zero-order valence-corrected chi connectivity index (χ0v) is 12.4. The van der Waals surface area contributed by atoms with E-state index in [1.54, 1.807) is 25.3 Å². The molecule has 0 radical (unpaired) electrons. The van der Waals surface area contributed by atoms with E-state index in [-0.39, 0.29) is 11.6 Å². The standard InChI is InChI=1S/C16H18N4O2/c1-3-10-22-14-7-5-4-6-12(14)11-18-15-9-8-13(19-20-15)16(21)17-2/h3-9H,1,10-11H2,2H3,(H,17,21)(H,18,20). The second kappa shape index (κ2) is 7.78. The van der Waals surface area contributed by atoms with Crippen molar-refractivity contribution in [3.8, 4) is 5.75 Å². The average molecular weight is 298 g/mol. The number of para-hydroxylation sites is 1. The second-order valence-corrected chi connectivity index (χ2v) is 4.44. The molecule has 2 rings (SSSR count). The van der Waals surface area contributed by atoms with Gasteiger partial charge in [-0.3, -0.25) is 4.79 Å². The Morgan fingerprint density at radius 2 is 2.09 bits per heavy atom. The molecule has 0 fully saturated rings. The Hall–Kier alpha value is -2.89. The minimum Gasteiger partial charge on any atom is -0.489 e. The van der Waals surface area contributed by atoms with Crippen molar-refractivity contribution in [2.24, 2.45) is 0 Å². The maximum atomic E-state index is 11.4. The zero-order chi connectivity index (χ0) is 15.8. The van der Waals surface area contributed by atoms with Crippen LogP contribution in [0.5, 0.6) is 5.75 Å². The lowest BCUT2D eigenvalue weighted by Gasteiger charge is -2.11. The number of aromatic nitrogens is 2. The van der Waals surface area contributed by atoms with Gasteiger partial charge in [-0.1, -0.05) is 30.9 Å². The maximum absolute atomic E-state index is 11.4. The lowest BCUT2D eigenvalue weighted by molar-refractivity contribution is 0.0957. The van der Waals surface area contributed by atoms with Gasteiger partial charge in [0.2, 0.25) is 0 Å². The summed E-state index contributed by atoms with van der Waals surface area (Å²) in [5, 5.41) is 13.5. The lowest BCUT2D eigenvalue weighted by Crippen LogP contribution is -2.19. The highest BCUT2D eigenvalue weighted by atomic mass is 16.5. The molecule has 0 aliphatic heterocycles. The minimum atomic E-state index is -0.262. The topological polar surface area (TPSA) is 76.1 Å². The third kappa shape index (κ3) is 4.05. The molecular weight excluding hydrogens is 280 g/mol. The quantitative estimate of drug-likeness (QED) is 0.765. The number of carbonyl (C=O) groups is 1. The number of hydrogen-bond donors (Lipinski definition) is 2. The number of benzene rings is 1. The molecule has 6 heteroatoms. The highest BCUT2D eigenvalue weighted by Gasteiger charge is 2.06. The van der Waals surface area contributed by atoms with E-state index in [4.69, 9.17) is 4.74 Å². The fourth-order valence-corrected chi connectivity index (χ4v) is 1.80. The van der Waals surface area contributed by atoms with Gasteiger partial charge >= 0.3 is 0 Å². The summed E-state index contributed by atoms with van der Waals surface area (Å²) >= 11 is 0. The Morgan fingerprint density at radius 3 is 2.77 bits per heavy atom. The molecule has 22 heavy (non-hydrogen) atoms. The van der Waals surface area contributed by atoms with Crippen LogP contribution in [0.4, 0.5) is 5.82 Å². The van der Waals surface area contributed by atoms with E-state index >= 15 is 0 Å². The molecule has 1 aromatic heterocycles. The molecule has 2 aromatic rings. The highest BCUT2D eigenvalue weighted by Crippen LogP contribution is 2.19. The number of anilines is 1. The van der Waals surface area contributed by atoms with Gasteiger partial charge in [0, 0.05) is 19.2 Å². The number of nitrogens with zero attached hydrogens (tertiary/aromatic N) is 2. The van der Waals surface area contributed by atoms with Crippen molar-refractivity contribution in [2.75, 3.05) is 19.0 Å². The van der Waals surface area contributed by atoms with Crippen LogP contribution in [0.3, 0.4) is 0 Å². The Kier molecular flexibility index (Phi) is 5.48. The molecule has 0 aliphatic carbocycles. The van der Waals surface area contributed by atoms with E-state index in [1.165, 1.54) is 0 Å². The van der Waals surface area contributed by atoms with Crippen molar-refractivity contribution in [2.45, 2.75) is 6.54 Å². The average Bonchev–Trinajstić information content (AvgIpc) is 2.58. The van der Waals surface area contributed by atoms with Gasteiger partial charge in [-0.05, 0) is 18.2 Å².